The third kappa shape index (κ3) is 4.61. The fraction of sp³-hybridized carbons (Fsp3) is 0.409. The van der Waals surface area contributed by atoms with Crippen molar-refractivity contribution >= 4 is 23.0 Å². The van der Waals surface area contributed by atoms with E-state index in [-0.39, 0.29) is 5.71 Å². The smallest absolute Gasteiger partial charge is 0.141 e. The van der Waals surface area contributed by atoms with Crippen LogP contribution in [0.5, 0.6) is 0 Å². The third-order valence-electron chi connectivity index (χ3n) is 5.13. The van der Waals surface area contributed by atoms with Gasteiger partial charge >= 0.3 is 0 Å². The van der Waals surface area contributed by atoms with Gasteiger partial charge in [0, 0.05) is 31.4 Å². The summed E-state index contributed by atoms with van der Waals surface area (Å²) in [5.74, 6) is 7.45. The van der Waals surface area contributed by atoms with Crippen LogP contribution in [-0.2, 0) is 0 Å². The SMILES string of the molecule is CNc1ccc(C)c(C#CC(=N)c2c(NC)ncnc2NC2CCCCC2)c1. The van der Waals surface area contributed by atoms with Crippen LogP contribution in [-0.4, -0.2) is 35.8 Å². The molecule has 2 aromatic rings. The van der Waals surface area contributed by atoms with E-state index in [0.717, 1.165) is 29.7 Å². The molecule has 0 radical (unpaired) electrons. The molecule has 0 saturated heterocycles. The highest BCUT2D eigenvalue weighted by molar-refractivity contribution is 6.16. The second-order valence-corrected chi connectivity index (χ2v) is 7.08. The Hall–Kier alpha value is -3.07. The molecule has 3 rings (SSSR count). The largest absolute Gasteiger partial charge is 0.388 e. The van der Waals surface area contributed by atoms with Gasteiger partial charge in [-0.2, -0.15) is 0 Å². The number of nitrogens with zero attached hydrogens (tertiary/aromatic N) is 2. The monoisotopic (exact) mass is 376 g/mol. The average molecular weight is 377 g/mol. The molecule has 6 heteroatoms. The Morgan fingerprint density at radius 1 is 1.07 bits per heavy atom. The first-order chi connectivity index (χ1) is 13.6. The summed E-state index contributed by atoms with van der Waals surface area (Å²) in [7, 11) is 3.69. The maximum atomic E-state index is 8.60. The minimum absolute atomic E-state index is 0.206. The predicted molar refractivity (Wildman–Crippen MR) is 117 cm³/mol. The van der Waals surface area contributed by atoms with Gasteiger partial charge in [0.2, 0.25) is 0 Å². The molecule has 1 heterocycles. The standard InChI is InChI=1S/C22H28N6/c1-15-9-11-18(24-2)13-16(15)10-12-19(23)20-21(25-3)26-14-27-22(20)28-17-7-5-4-6-8-17/h9,11,13-14,17,23-24H,4-8H2,1-3H3,(H2,25,26,27,28). The van der Waals surface area contributed by atoms with Gasteiger partial charge in [-0.05, 0) is 43.4 Å². The van der Waals surface area contributed by atoms with Gasteiger partial charge in [-0.1, -0.05) is 31.2 Å². The normalized spacial score (nSPS) is 14.0. The summed E-state index contributed by atoms with van der Waals surface area (Å²) >= 11 is 0. The van der Waals surface area contributed by atoms with Crippen molar-refractivity contribution in [2.75, 3.05) is 30.0 Å². The molecule has 1 aliphatic rings. The molecule has 1 aliphatic carbocycles. The number of aryl methyl sites for hydroxylation is 1. The number of hydrogen-bond acceptors (Lipinski definition) is 6. The molecule has 1 fully saturated rings. The molecule has 0 bridgehead atoms. The van der Waals surface area contributed by atoms with Gasteiger partial charge in [-0.3, -0.25) is 5.41 Å². The molecule has 0 amide bonds. The van der Waals surface area contributed by atoms with E-state index >= 15 is 0 Å². The Morgan fingerprint density at radius 2 is 1.82 bits per heavy atom. The predicted octanol–water partition coefficient (Wildman–Crippen LogP) is 4.03. The van der Waals surface area contributed by atoms with Crippen LogP contribution in [0.3, 0.4) is 0 Å². The lowest BCUT2D eigenvalue weighted by molar-refractivity contribution is 0.462. The fourth-order valence-electron chi connectivity index (χ4n) is 3.47. The van der Waals surface area contributed by atoms with E-state index in [1.165, 1.54) is 25.6 Å². The van der Waals surface area contributed by atoms with Gasteiger partial charge in [-0.25, -0.2) is 9.97 Å². The highest BCUT2D eigenvalue weighted by Gasteiger charge is 2.19. The number of rotatable bonds is 5. The van der Waals surface area contributed by atoms with E-state index in [2.05, 4.69) is 37.8 Å². The summed E-state index contributed by atoms with van der Waals surface area (Å²) in [5, 5.41) is 18.3. The zero-order valence-electron chi connectivity index (χ0n) is 16.8. The lowest BCUT2D eigenvalue weighted by atomic mass is 9.95. The summed E-state index contributed by atoms with van der Waals surface area (Å²) in [4.78, 5) is 8.71. The zero-order valence-corrected chi connectivity index (χ0v) is 16.8. The van der Waals surface area contributed by atoms with Gasteiger partial charge in [0.05, 0.1) is 5.56 Å². The third-order valence-corrected chi connectivity index (χ3v) is 5.13. The number of hydrogen-bond donors (Lipinski definition) is 4. The van der Waals surface area contributed by atoms with Gasteiger partial charge < -0.3 is 16.0 Å². The van der Waals surface area contributed by atoms with E-state index < -0.39 is 0 Å². The van der Waals surface area contributed by atoms with Crippen LogP contribution in [0.2, 0.25) is 0 Å². The van der Waals surface area contributed by atoms with Gasteiger partial charge in [0.1, 0.15) is 23.7 Å². The second kappa shape index (κ2) is 9.23. The molecule has 1 aromatic heterocycles. The van der Waals surface area contributed by atoms with E-state index in [4.69, 9.17) is 5.41 Å². The number of nitrogens with one attached hydrogen (secondary N) is 4. The minimum atomic E-state index is 0.206. The lowest BCUT2D eigenvalue weighted by Gasteiger charge is -2.24. The summed E-state index contributed by atoms with van der Waals surface area (Å²) in [6.07, 6.45) is 7.55. The Kier molecular flexibility index (Phi) is 6.49. The molecule has 6 nitrogen and oxygen atoms in total. The molecule has 4 N–H and O–H groups in total. The molecule has 0 spiro atoms. The molecule has 0 atom stereocenters. The van der Waals surface area contributed by atoms with Gasteiger partial charge in [0.25, 0.3) is 0 Å². The quantitative estimate of drug-likeness (QED) is 0.468. The summed E-state index contributed by atoms with van der Waals surface area (Å²) in [6.45, 7) is 2.02. The lowest BCUT2D eigenvalue weighted by Crippen LogP contribution is -2.24. The van der Waals surface area contributed by atoms with Crippen molar-refractivity contribution in [3.8, 4) is 11.8 Å². The zero-order chi connectivity index (χ0) is 19.9. The summed E-state index contributed by atoms with van der Waals surface area (Å²) < 4.78 is 0. The molecule has 1 aromatic carbocycles. The number of benzene rings is 1. The number of aromatic nitrogens is 2. The Balaban J connectivity index is 1.91. The first kappa shape index (κ1) is 19.7. The minimum Gasteiger partial charge on any atom is -0.388 e. The Morgan fingerprint density at radius 3 is 2.54 bits per heavy atom. The Labute approximate surface area is 167 Å². The first-order valence-electron chi connectivity index (χ1n) is 9.81. The van der Waals surface area contributed by atoms with Crippen molar-refractivity contribution in [2.45, 2.75) is 45.1 Å². The van der Waals surface area contributed by atoms with Gasteiger partial charge in [-0.15, -0.1) is 0 Å². The molecule has 0 unspecified atom stereocenters. The van der Waals surface area contributed by atoms with Crippen LogP contribution in [0.1, 0.15) is 48.8 Å². The molecule has 1 saturated carbocycles. The first-order valence-corrected chi connectivity index (χ1v) is 9.81. The average Bonchev–Trinajstić information content (AvgIpc) is 2.73. The van der Waals surface area contributed by atoms with E-state index in [1.807, 2.05) is 32.2 Å². The number of anilines is 3. The van der Waals surface area contributed by atoms with Crippen molar-refractivity contribution in [1.82, 2.24) is 9.97 Å². The highest BCUT2D eigenvalue weighted by atomic mass is 15.1. The van der Waals surface area contributed by atoms with Crippen molar-refractivity contribution in [1.29, 1.82) is 5.41 Å². The van der Waals surface area contributed by atoms with Crippen LogP contribution in [0.15, 0.2) is 24.5 Å². The Bertz CT molecular complexity index is 903. The van der Waals surface area contributed by atoms with E-state index in [9.17, 15) is 0 Å². The molecule has 146 valence electrons. The van der Waals surface area contributed by atoms with Gasteiger partial charge in [0.15, 0.2) is 0 Å². The second-order valence-electron chi connectivity index (χ2n) is 7.08. The molecule has 0 aliphatic heterocycles. The van der Waals surface area contributed by atoms with Crippen molar-refractivity contribution < 1.29 is 0 Å². The molecular weight excluding hydrogens is 348 g/mol. The van der Waals surface area contributed by atoms with Crippen LogP contribution < -0.4 is 16.0 Å². The fourth-order valence-corrected chi connectivity index (χ4v) is 3.47. The van der Waals surface area contributed by atoms with Crippen LogP contribution in [0, 0.1) is 24.2 Å². The van der Waals surface area contributed by atoms with Crippen molar-refractivity contribution in [3.05, 3.63) is 41.2 Å². The van der Waals surface area contributed by atoms with E-state index in [0.29, 0.717) is 23.2 Å². The highest BCUT2D eigenvalue weighted by Crippen LogP contribution is 2.25. The molecule has 28 heavy (non-hydrogen) atoms. The maximum absolute atomic E-state index is 8.60. The maximum Gasteiger partial charge on any atom is 0.141 e. The topological polar surface area (TPSA) is 85.7 Å². The van der Waals surface area contributed by atoms with Crippen LogP contribution in [0.4, 0.5) is 17.3 Å². The van der Waals surface area contributed by atoms with Crippen molar-refractivity contribution in [3.63, 3.8) is 0 Å². The van der Waals surface area contributed by atoms with Crippen LogP contribution >= 0.6 is 0 Å². The van der Waals surface area contributed by atoms with Crippen molar-refractivity contribution in [2.24, 2.45) is 0 Å². The summed E-state index contributed by atoms with van der Waals surface area (Å²) in [5.41, 5.74) is 3.82. The van der Waals surface area contributed by atoms with Crippen LogP contribution in [0.25, 0.3) is 0 Å². The summed E-state index contributed by atoms with van der Waals surface area (Å²) in [6, 6.07) is 6.43. The molecular formula is C22H28N6. The van der Waals surface area contributed by atoms with E-state index in [1.54, 1.807) is 7.05 Å².